The smallest absolute Gasteiger partial charge is 0.290 e. The van der Waals surface area contributed by atoms with E-state index in [1.807, 2.05) is 0 Å². The molecule has 0 aliphatic rings. The molecular formula is C7H9BrO2S. The second kappa shape index (κ2) is 6.37. The minimum absolute atomic E-state index is 0.250. The average molecular weight is 237 g/mol. The van der Waals surface area contributed by atoms with Crippen molar-refractivity contribution >= 4 is 33.7 Å². The van der Waals surface area contributed by atoms with Gasteiger partial charge in [0.15, 0.2) is 0 Å². The monoisotopic (exact) mass is 236 g/mol. The van der Waals surface area contributed by atoms with Crippen molar-refractivity contribution in [3.8, 4) is 0 Å². The van der Waals surface area contributed by atoms with Crippen LogP contribution in [0.25, 0.3) is 0 Å². The first-order valence-electron chi connectivity index (χ1n) is 3.05. The van der Waals surface area contributed by atoms with E-state index < -0.39 is 0 Å². The zero-order valence-corrected chi connectivity index (χ0v) is 8.48. The van der Waals surface area contributed by atoms with Gasteiger partial charge >= 0.3 is 0 Å². The Morgan fingerprint density at radius 3 is 2.55 bits per heavy atom. The number of rotatable bonds is 1. The van der Waals surface area contributed by atoms with Crippen LogP contribution in [0, 0.1) is 0 Å². The summed E-state index contributed by atoms with van der Waals surface area (Å²) >= 11 is 5.14. The van der Waals surface area contributed by atoms with Crippen LogP contribution in [0.15, 0.2) is 15.2 Å². The van der Waals surface area contributed by atoms with Gasteiger partial charge in [-0.1, -0.05) is 6.92 Å². The lowest BCUT2D eigenvalue weighted by molar-refractivity contribution is -0.122. The third kappa shape index (κ3) is 4.98. The molecule has 62 valence electrons. The van der Waals surface area contributed by atoms with Gasteiger partial charge in [0.2, 0.25) is 0 Å². The Kier molecular flexibility index (Phi) is 6.16. The lowest BCUT2D eigenvalue weighted by atomic mass is 10.3. The fourth-order valence-electron chi connectivity index (χ4n) is 0.531. The Bertz CT molecular complexity index is 210. The molecular weight excluding hydrogens is 228 g/mol. The number of halogens is 1. The predicted octanol–water partition coefficient (Wildman–Crippen LogP) is 2.77. The summed E-state index contributed by atoms with van der Waals surface area (Å²) in [6.07, 6.45) is 1.14. The van der Waals surface area contributed by atoms with Crippen molar-refractivity contribution < 1.29 is 9.90 Å². The van der Waals surface area contributed by atoms with E-state index in [1.165, 1.54) is 9.35 Å². The lowest BCUT2D eigenvalue weighted by Gasteiger charge is -1.79. The predicted molar refractivity (Wildman–Crippen MR) is 50.1 cm³/mol. The van der Waals surface area contributed by atoms with E-state index in [0.29, 0.717) is 0 Å². The van der Waals surface area contributed by atoms with Gasteiger partial charge in [-0.3, -0.25) is 4.79 Å². The Labute approximate surface area is 78.0 Å². The second-order valence-electron chi connectivity index (χ2n) is 1.72. The first-order chi connectivity index (χ1) is 5.24. The molecule has 0 aliphatic carbocycles. The highest BCUT2D eigenvalue weighted by atomic mass is 79.9. The first kappa shape index (κ1) is 10.7. The summed E-state index contributed by atoms with van der Waals surface area (Å²) in [6, 6.07) is 2.16. The molecule has 1 N–H and O–H groups in total. The van der Waals surface area contributed by atoms with E-state index in [4.69, 9.17) is 9.90 Å². The number of aryl methyl sites for hydroxylation is 1. The topological polar surface area (TPSA) is 37.3 Å². The maximum atomic E-state index is 8.36. The average Bonchev–Trinajstić information content (AvgIpc) is 2.37. The molecule has 0 saturated carbocycles. The van der Waals surface area contributed by atoms with Crippen LogP contribution in [0.1, 0.15) is 12.5 Å². The third-order valence-electron chi connectivity index (χ3n) is 1.03. The van der Waals surface area contributed by atoms with Crippen LogP contribution in [0.4, 0.5) is 0 Å². The van der Waals surface area contributed by atoms with Gasteiger partial charge in [-0.15, -0.1) is 11.3 Å². The summed E-state index contributed by atoms with van der Waals surface area (Å²) in [5.74, 6) is 0. The van der Waals surface area contributed by atoms with Gasteiger partial charge in [0.05, 0.1) is 3.79 Å². The highest BCUT2D eigenvalue weighted by molar-refractivity contribution is 9.11. The summed E-state index contributed by atoms with van der Waals surface area (Å²) in [5, 5.41) is 9.06. The van der Waals surface area contributed by atoms with Crippen molar-refractivity contribution in [3.63, 3.8) is 0 Å². The number of hydrogen-bond acceptors (Lipinski definition) is 2. The number of hydrogen-bond donors (Lipinski definition) is 1. The van der Waals surface area contributed by atoms with Gasteiger partial charge in [0.1, 0.15) is 0 Å². The molecule has 0 amide bonds. The third-order valence-corrected chi connectivity index (χ3v) is 2.58. The van der Waals surface area contributed by atoms with E-state index in [9.17, 15) is 0 Å². The molecule has 2 nitrogen and oxygen atoms in total. The maximum absolute atomic E-state index is 8.36. The highest BCUT2D eigenvalue weighted by Gasteiger charge is 1.90. The summed E-state index contributed by atoms with van der Waals surface area (Å²) < 4.78 is 1.23. The molecule has 4 heteroatoms. The zero-order chi connectivity index (χ0) is 8.69. The SMILES string of the molecule is CCc1csc(Br)c1.O=CO. The first-order valence-corrected chi connectivity index (χ1v) is 4.72. The normalized spacial score (nSPS) is 8.18. The molecule has 0 fully saturated rings. The van der Waals surface area contributed by atoms with Crippen LogP contribution in [-0.4, -0.2) is 11.6 Å². The minimum Gasteiger partial charge on any atom is -0.483 e. The molecule has 0 saturated heterocycles. The molecule has 1 aromatic rings. The van der Waals surface area contributed by atoms with Crippen LogP contribution in [0.5, 0.6) is 0 Å². The second-order valence-corrected chi connectivity index (χ2v) is 4.01. The molecule has 0 aliphatic heterocycles. The Balaban J connectivity index is 0.000000292. The Morgan fingerprint density at radius 1 is 1.82 bits per heavy atom. The summed E-state index contributed by atoms with van der Waals surface area (Å²) in [6.45, 7) is 1.91. The largest absolute Gasteiger partial charge is 0.483 e. The van der Waals surface area contributed by atoms with E-state index in [-0.39, 0.29) is 6.47 Å². The van der Waals surface area contributed by atoms with Crippen LogP contribution < -0.4 is 0 Å². The van der Waals surface area contributed by atoms with Crippen molar-refractivity contribution in [1.82, 2.24) is 0 Å². The lowest BCUT2D eigenvalue weighted by Crippen LogP contribution is -1.66. The fraction of sp³-hybridized carbons (Fsp3) is 0.286. The van der Waals surface area contributed by atoms with Crippen LogP contribution in [-0.2, 0) is 11.2 Å². The van der Waals surface area contributed by atoms with Crippen molar-refractivity contribution in [2.45, 2.75) is 13.3 Å². The van der Waals surface area contributed by atoms with Crippen molar-refractivity contribution in [3.05, 3.63) is 20.8 Å². The number of thiophene rings is 1. The van der Waals surface area contributed by atoms with Crippen LogP contribution in [0.3, 0.4) is 0 Å². The Hall–Kier alpha value is -0.350. The highest BCUT2D eigenvalue weighted by Crippen LogP contribution is 2.20. The summed E-state index contributed by atoms with van der Waals surface area (Å²) in [7, 11) is 0. The molecule has 0 unspecified atom stereocenters. The van der Waals surface area contributed by atoms with Crippen molar-refractivity contribution in [2.24, 2.45) is 0 Å². The fourth-order valence-corrected chi connectivity index (χ4v) is 1.82. The zero-order valence-electron chi connectivity index (χ0n) is 6.08. The molecule has 0 radical (unpaired) electrons. The van der Waals surface area contributed by atoms with Crippen molar-refractivity contribution in [2.75, 3.05) is 0 Å². The van der Waals surface area contributed by atoms with E-state index >= 15 is 0 Å². The summed E-state index contributed by atoms with van der Waals surface area (Å²) in [4.78, 5) is 8.36. The van der Waals surface area contributed by atoms with E-state index in [0.717, 1.165) is 6.42 Å². The number of carboxylic acid groups (broad SMARTS) is 1. The number of carbonyl (C=O) groups is 1. The van der Waals surface area contributed by atoms with E-state index in [1.54, 1.807) is 11.3 Å². The molecule has 0 aromatic carbocycles. The molecule has 0 spiro atoms. The molecule has 0 bridgehead atoms. The van der Waals surface area contributed by atoms with E-state index in [2.05, 4.69) is 34.3 Å². The molecule has 0 atom stereocenters. The van der Waals surface area contributed by atoms with Gasteiger partial charge in [0, 0.05) is 0 Å². The molecule has 1 rings (SSSR count). The van der Waals surface area contributed by atoms with Gasteiger partial charge < -0.3 is 5.11 Å². The van der Waals surface area contributed by atoms with Crippen molar-refractivity contribution in [1.29, 1.82) is 0 Å². The summed E-state index contributed by atoms with van der Waals surface area (Å²) in [5.41, 5.74) is 1.42. The Morgan fingerprint density at radius 2 is 2.36 bits per heavy atom. The molecule has 1 heterocycles. The van der Waals surface area contributed by atoms with Gasteiger partial charge in [-0.05, 0) is 39.4 Å². The van der Waals surface area contributed by atoms with Gasteiger partial charge in [-0.2, -0.15) is 0 Å². The van der Waals surface area contributed by atoms with Gasteiger partial charge in [0.25, 0.3) is 6.47 Å². The minimum atomic E-state index is -0.250. The van der Waals surface area contributed by atoms with Crippen LogP contribution in [0.2, 0.25) is 0 Å². The van der Waals surface area contributed by atoms with Crippen LogP contribution >= 0.6 is 27.3 Å². The van der Waals surface area contributed by atoms with Gasteiger partial charge in [-0.25, -0.2) is 0 Å². The quantitative estimate of drug-likeness (QED) is 0.762. The maximum Gasteiger partial charge on any atom is 0.290 e. The standard InChI is InChI=1S/C6H7BrS.CH2O2/c1-2-5-3-6(7)8-4-5;2-1-3/h3-4H,2H2,1H3;1H,(H,2,3). The molecule has 1 aromatic heterocycles. The molecule has 11 heavy (non-hydrogen) atoms.